The predicted octanol–water partition coefficient (Wildman–Crippen LogP) is 1.70. The van der Waals surface area contributed by atoms with E-state index in [-0.39, 0.29) is 31.0 Å². The van der Waals surface area contributed by atoms with Gasteiger partial charge >= 0.3 is 5.97 Å². The molecule has 0 saturated heterocycles. The monoisotopic (exact) mass is 301 g/mol. The van der Waals surface area contributed by atoms with Gasteiger partial charge in [-0.1, -0.05) is 19.4 Å². The number of aliphatic carboxylic acids is 1. The van der Waals surface area contributed by atoms with Crippen LogP contribution in [0.3, 0.4) is 0 Å². The lowest BCUT2D eigenvalue weighted by Crippen LogP contribution is -2.43. The fraction of sp³-hybridized carbons (Fsp3) is 0.733. The molecule has 0 aromatic heterocycles. The molecule has 6 heteroatoms. The molecule has 6 nitrogen and oxygen atoms in total. The van der Waals surface area contributed by atoms with Gasteiger partial charge in [0.05, 0.1) is 6.42 Å². The van der Waals surface area contributed by atoms with Crippen molar-refractivity contribution >= 4 is 11.9 Å². The van der Waals surface area contributed by atoms with Crippen LogP contribution in [0, 0.1) is 0 Å². The number of methoxy groups -OCH3 is 2. The Hall–Kier alpha value is -1.40. The highest BCUT2D eigenvalue weighted by atomic mass is 16.5. The number of carboxylic acid groups (broad SMARTS) is 1. The average molecular weight is 301 g/mol. The lowest BCUT2D eigenvalue weighted by atomic mass is 10.1. The van der Waals surface area contributed by atoms with E-state index in [2.05, 4.69) is 6.58 Å². The molecule has 1 amide bonds. The Morgan fingerprint density at radius 3 is 2.38 bits per heavy atom. The van der Waals surface area contributed by atoms with Crippen LogP contribution in [0.25, 0.3) is 0 Å². The average Bonchev–Trinajstić information content (AvgIpc) is 2.48. The smallest absolute Gasteiger partial charge is 0.303 e. The minimum Gasteiger partial charge on any atom is -0.481 e. The fourth-order valence-electron chi connectivity index (χ4n) is 1.97. The molecule has 0 unspecified atom stereocenters. The summed E-state index contributed by atoms with van der Waals surface area (Å²) in [5.41, 5.74) is 0. The standard InChI is InChI=1S/C15H27NO5/c1-5-7-10-16(14(17)8-9-15(18)19)11-13(21-4)12(6-2)20-3/h6,12-13H,2,5,7-11H2,1,3-4H3,(H,18,19)/t12-,13-/m0/s1. The number of rotatable bonds is 12. The number of carbonyl (C=O) groups excluding carboxylic acids is 1. The molecule has 0 fully saturated rings. The van der Waals surface area contributed by atoms with Crippen LogP contribution in [0.2, 0.25) is 0 Å². The van der Waals surface area contributed by atoms with Gasteiger partial charge in [0.25, 0.3) is 0 Å². The van der Waals surface area contributed by atoms with Crippen molar-refractivity contribution in [3.05, 3.63) is 12.7 Å². The van der Waals surface area contributed by atoms with Crippen molar-refractivity contribution in [3.8, 4) is 0 Å². The fourth-order valence-corrected chi connectivity index (χ4v) is 1.97. The molecule has 0 aliphatic heterocycles. The normalized spacial score (nSPS) is 13.5. The van der Waals surface area contributed by atoms with Crippen molar-refractivity contribution in [2.24, 2.45) is 0 Å². The van der Waals surface area contributed by atoms with Gasteiger partial charge in [-0.25, -0.2) is 0 Å². The van der Waals surface area contributed by atoms with E-state index in [9.17, 15) is 9.59 Å². The SMILES string of the molecule is C=C[C@H](OC)[C@H](CN(CCCC)C(=O)CCC(=O)O)OC. The number of carboxylic acids is 1. The van der Waals surface area contributed by atoms with Crippen LogP contribution in [0.5, 0.6) is 0 Å². The van der Waals surface area contributed by atoms with Gasteiger partial charge in [0.15, 0.2) is 0 Å². The van der Waals surface area contributed by atoms with Gasteiger partial charge in [-0.05, 0) is 6.42 Å². The Kier molecular flexibility index (Phi) is 10.5. The third-order valence-electron chi connectivity index (χ3n) is 3.26. The Bertz CT molecular complexity index is 332. The maximum absolute atomic E-state index is 12.1. The van der Waals surface area contributed by atoms with Gasteiger partial charge in [-0.2, -0.15) is 0 Å². The van der Waals surface area contributed by atoms with Crippen molar-refractivity contribution in [1.82, 2.24) is 4.90 Å². The maximum Gasteiger partial charge on any atom is 0.303 e. The summed E-state index contributed by atoms with van der Waals surface area (Å²) in [7, 11) is 3.11. The summed E-state index contributed by atoms with van der Waals surface area (Å²) < 4.78 is 10.6. The van der Waals surface area contributed by atoms with E-state index >= 15 is 0 Å². The molecular weight excluding hydrogens is 274 g/mol. The maximum atomic E-state index is 12.1. The first kappa shape index (κ1) is 19.6. The first-order valence-electron chi connectivity index (χ1n) is 7.17. The summed E-state index contributed by atoms with van der Waals surface area (Å²) in [6.45, 7) is 6.67. The Labute approximate surface area is 126 Å². The van der Waals surface area contributed by atoms with E-state index in [1.165, 1.54) is 0 Å². The largest absolute Gasteiger partial charge is 0.481 e. The molecule has 0 rings (SSSR count). The minimum absolute atomic E-state index is 0.00121. The lowest BCUT2D eigenvalue weighted by Gasteiger charge is -2.30. The van der Waals surface area contributed by atoms with Crippen molar-refractivity contribution in [2.45, 2.75) is 44.8 Å². The second kappa shape index (κ2) is 11.3. The van der Waals surface area contributed by atoms with Crippen molar-refractivity contribution in [1.29, 1.82) is 0 Å². The Balaban J connectivity index is 4.74. The van der Waals surface area contributed by atoms with E-state index in [4.69, 9.17) is 14.6 Å². The van der Waals surface area contributed by atoms with Gasteiger partial charge in [0.1, 0.15) is 12.2 Å². The van der Waals surface area contributed by atoms with Crippen LogP contribution < -0.4 is 0 Å². The zero-order valence-electron chi connectivity index (χ0n) is 13.2. The quantitative estimate of drug-likeness (QED) is 0.555. The molecule has 0 radical (unpaired) electrons. The van der Waals surface area contributed by atoms with Crippen molar-refractivity contribution in [2.75, 3.05) is 27.3 Å². The number of ether oxygens (including phenoxy) is 2. The van der Waals surface area contributed by atoms with Crippen LogP contribution in [-0.2, 0) is 19.1 Å². The molecule has 2 atom stereocenters. The Morgan fingerprint density at radius 2 is 1.95 bits per heavy atom. The van der Waals surface area contributed by atoms with Gasteiger partial charge in [0, 0.05) is 33.7 Å². The molecule has 122 valence electrons. The van der Waals surface area contributed by atoms with Crippen LogP contribution >= 0.6 is 0 Å². The molecule has 21 heavy (non-hydrogen) atoms. The number of nitrogens with zero attached hydrogens (tertiary/aromatic N) is 1. The summed E-state index contributed by atoms with van der Waals surface area (Å²) in [6.07, 6.45) is 2.66. The summed E-state index contributed by atoms with van der Waals surface area (Å²) in [5, 5.41) is 8.68. The highest BCUT2D eigenvalue weighted by Crippen LogP contribution is 2.10. The molecule has 0 spiro atoms. The molecular formula is C15H27NO5. The van der Waals surface area contributed by atoms with Crippen LogP contribution in [0.4, 0.5) is 0 Å². The highest BCUT2D eigenvalue weighted by Gasteiger charge is 2.24. The lowest BCUT2D eigenvalue weighted by molar-refractivity contribution is -0.142. The predicted molar refractivity (Wildman–Crippen MR) is 80.1 cm³/mol. The van der Waals surface area contributed by atoms with Gasteiger partial charge in [-0.3, -0.25) is 9.59 Å². The molecule has 0 bridgehead atoms. The second-order valence-corrected chi connectivity index (χ2v) is 4.80. The Morgan fingerprint density at radius 1 is 1.29 bits per heavy atom. The molecule has 1 N–H and O–H groups in total. The van der Waals surface area contributed by atoms with Gasteiger partial charge in [0.2, 0.25) is 5.91 Å². The number of unbranched alkanes of at least 4 members (excludes halogenated alkanes) is 1. The molecule has 0 saturated carbocycles. The topological polar surface area (TPSA) is 76.1 Å². The molecule has 0 aromatic rings. The van der Waals surface area contributed by atoms with Gasteiger partial charge in [-0.15, -0.1) is 6.58 Å². The van der Waals surface area contributed by atoms with Crippen LogP contribution in [0.1, 0.15) is 32.6 Å². The third-order valence-corrected chi connectivity index (χ3v) is 3.26. The molecule has 0 aliphatic carbocycles. The number of carbonyl (C=O) groups is 2. The van der Waals surface area contributed by atoms with Crippen molar-refractivity contribution < 1.29 is 24.2 Å². The van der Waals surface area contributed by atoms with E-state index in [0.717, 1.165) is 12.8 Å². The summed E-state index contributed by atoms with van der Waals surface area (Å²) in [4.78, 5) is 24.4. The van der Waals surface area contributed by atoms with Gasteiger partial charge < -0.3 is 19.5 Å². The summed E-state index contributed by atoms with van der Waals surface area (Å²) in [5.74, 6) is -1.14. The summed E-state index contributed by atoms with van der Waals surface area (Å²) in [6, 6.07) is 0. The van der Waals surface area contributed by atoms with E-state index in [1.807, 2.05) is 6.92 Å². The van der Waals surface area contributed by atoms with E-state index < -0.39 is 5.97 Å². The number of hydrogen-bond donors (Lipinski definition) is 1. The summed E-state index contributed by atoms with van der Waals surface area (Å²) >= 11 is 0. The van der Waals surface area contributed by atoms with Crippen LogP contribution in [-0.4, -0.2) is 61.4 Å². The first-order chi connectivity index (χ1) is 9.99. The first-order valence-corrected chi connectivity index (χ1v) is 7.17. The zero-order valence-corrected chi connectivity index (χ0v) is 13.2. The van der Waals surface area contributed by atoms with Crippen molar-refractivity contribution in [3.63, 3.8) is 0 Å². The number of hydrogen-bond acceptors (Lipinski definition) is 4. The zero-order chi connectivity index (χ0) is 16.3. The second-order valence-electron chi connectivity index (χ2n) is 4.80. The minimum atomic E-state index is -0.969. The molecule has 0 aromatic carbocycles. The molecule has 0 aliphatic rings. The van der Waals surface area contributed by atoms with Crippen LogP contribution in [0.15, 0.2) is 12.7 Å². The molecule has 0 heterocycles. The highest BCUT2D eigenvalue weighted by molar-refractivity contribution is 5.80. The van der Waals surface area contributed by atoms with E-state index in [1.54, 1.807) is 25.2 Å². The number of amides is 1. The van der Waals surface area contributed by atoms with E-state index in [0.29, 0.717) is 13.1 Å². The third kappa shape index (κ3) is 7.82.